The third-order valence-electron chi connectivity index (χ3n) is 7.35. The molecule has 9 heteroatoms. The first kappa shape index (κ1) is 31.9. The van der Waals surface area contributed by atoms with Crippen molar-refractivity contribution >= 4 is 55.3 Å². The Bertz CT molecular complexity index is 1520. The minimum Gasteiger partial charge on any atom is -1.00 e. The molecule has 0 radical (unpaired) electrons. The normalized spacial score (nSPS) is 14.1. The summed E-state index contributed by atoms with van der Waals surface area (Å²) in [7, 11) is 0. The summed E-state index contributed by atoms with van der Waals surface area (Å²) in [4.78, 5) is 25.1. The number of aliphatic hydroxyl groups excluding tert-OH is 2. The summed E-state index contributed by atoms with van der Waals surface area (Å²) in [6, 6.07) is 25.0. The van der Waals surface area contributed by atoms with E-state index in [0.29, 0.717) is 17.8 Å². The molecule has 3 aromatic carbocycles. The predicted octanol–water partition coefficient (Wildman–Crippen LogP) is 5.91. The maximum atomic E-state index is 14.1. The molecule has 42 heavy (non-hydrogen) atoms. The first-order valence-electron chi connectivity index (χ1n) is 13.8. The summed E-state index contributed by atoms with van der Waals surface area (Å²) < 4.78 is 16.1. The monoisotopic (exact) mass is 598 g/mol. The minimum absolute atomic E-state index is 0. The number of hydrogen-bond donors (Lipinski definition) is 4. The Labute approximate surface area is 277 Å². The quantitative estimate of drug-likeness (QED) is 0.152. The van der Waals surface area contributed by atoms with Crippen LogP contribution in [-0.4, -0.2) is 81.7 Å². The minimum atomic E-state index is -1.17. The second-order valence-corrected chi connectivity index (χ2v) is 10.5. The van der Waals surface area contributed by atoms with E-state index in [1.54, 1.807) is 12.1 Å². The number of carbonyl (C=O) groups excluding carboxylic acids is 1. The molecule has 1 fully saturated rings. The molecule has 1 aliphatic rings. The second kappa shape index (κ2) is 14.4. The van der Waals surface area contributed by atoms with Crippen molar-refractivity contribution in [1.29, 1.82) is 0 Å². The van der Waals surface area contributed by atoms with Gasteiger partial charge >= 0.3 is 43.7 Å². The van der Waals surface area contributed by atoms with Crippen LogP contribution in [0.3, 0.4) is 0 Å². The van der Waals surface area contributed by atoms with Crippen molar-refractivity contribution in [2.45, 2.75) is 56.8 Å². The van der Waals surface area contributed by atoms with E-state index in [1.165, 1.54) is 12.1 Å². The smallest absolute Gasteiger partial charge is 1.00 e. The van der Waals surface area contributed by atoms with Gasteiger partial charge in [0.15, 0.2) is 0 Å². The van der Waals surface area contributed by atoms with Gasteiger partial charge in [0.05, 0.1) is 29.9 Å². The molecular weight excluding hydrogens is 563 g/mol. The molecule has 0 spiro atoms. The third kappa shape index (κ3) is 7.68. The maximum Gasteiger partial charge on any atom is 2.00 e. The van der Waals surface area contributed by atoms with E-state index in [9.17, 15) is 24.2 Å². The number of aliphatic carboxylic acids is 1. The summed E-state index contributed by atoms with van der Waals surface area (Å²) >= 11 is 0. The number of benzene rings is 3. The number of aromatic nitrogens is 1. The Morgan fingerprint density at radius 3 is 2.12 bits per heavy atom. The molecule has 0 aliphatic heterocycles. The van der Waals surface area contributed by atoms with Gasteiger partial charge in [-0.15, -0.1) is 0 Å². The molecule has 1 aliphatic carbocycles. The van der Waals surface area contributed by atoms with Gasteiger partial charge in [-0.25, -0.2) is 4.39 Å². The van der Waals surface area contributed by atoms with Crippen molar-refractivity contribution in [2.24, 2.45) is 0 Å². The van der Waals surface area contributed by atoms with Crippen LogP contribution < -0.4 is 5.32 Å². The number of carboxylic acids is 1. The van der Waals surface area contributed by atoms with Crippen molar-refractivity contribution in [2.75, 3.05) is 5.32 Å². The zero-order valence-electron chi connectivity index (χ0n) is 25.2. The molecule has 0 unspecified atom stereocenters. The molecule has 216 valence electrons. The van der Waals surface area contributed by atoms with Gasteiger partial charge < -0.3 is 28.1 Å². The number of aliphatic hydroxyl groups is 2. The van der Waals surface area contributed by atoms with E-state index < -0.39 is 24.6 Å². The van der Waals surface area contributed by atoms with Crippen molar-refractivity contribution in [3.8, 4) is 22.4 Å². The van der Waals surface area contributed by atoms with Gasteiger partial charge in [0, 0.05) is 29.4 Å². The van der Waals surface area contributed by atoms with E-state index in [4.69, 9.17) is 5.11 Å². The van der Waals surface area contributed by atoms with Crippen molar-refractivity contribution in [3.05, 3.63) is 102 Å². The van der Waals surface area contributed by atoms with Gasteiger partial charge in [-0.1, -0.05) is 48.5 Å². The molecule has 2 atom stereocenters. The SMILES string of the molecule is O=C(O)C[C@H](O)C[C@H](O)CCn1c(-c2ccc(F)cc2)c(-c2ccccc2)c(C(=O)Nc2ccccc2)c1C1CC1.[Ca+2].[H-].[H-]. The van der Waals surface area contributed by atoms with Gasteiger partial charge in [-0.3, -0.25) is 9.59 Å². The molecule has 4 N–H and O–H groups in total. The Morgan fingerprint density at radius 1 is 0.905 bits per heavy atom. The van der Waals surface area contributed by atoms with E-state index >= 15 is 0 Å². The van der Waals surface area contributed by atoms with E-state index in [-0.39, 0.29) is 71.1 Å². The van der Waals surface area contributed by atoms with Crippen LogP contribution in [-0.2, 0) is 11.3 Å². The number of carboxylic acid groups (broad SMARTS) is 1. The van der Waals surface area contributed by atoms with Crippen LogP contribution in [0, 0.1) is 5.82 Å². The fourth-order valence-electron chi connectivity index (χ4n) is 5.38. The van der Waals surface area contributed by atoms with E-state index in [1.807, 2.05) is 60.7 Å². The molecule has 1 saturated carbocycles. The number of para-hydroxylation sites is 1. The molecule has 1 aromatic heterocycles. The Morgan fingerprint density at radius 2 is 1.52 bits per heavy atom. The largest absolute Gasteiger partial charge is 2.00 e. The molecule has 4 aromatic rings. The standard InChI is InChI=1S/C33H33FN2O5.Ca.2H/c34-24-15-13-23(14-16-24)31-29(21-7-3-1-4-8-21)30(33(41)35-25-9-5-2-6-10-25)32(22-11-12-22)36(31)18-17-26(37)19-27(38)20-28(39)40;;;/h1-10,13-16,22,26-27,37-38H,11-12,17-20H2,(H,35,41)(H,39,40);;;/q;+2;2*-1/t26-,27-;;;/m1.../s1. The van der Waals surface area contributed by atoms with Crippen LogP contribution in [0.2, 0.25) is 0 Å². The molecule has 5 rings (SSSR count). The van der Waals surface area contributed by atoms with Crippen LogP contribution in [0.15, 0.2) is 84.9 Å². The number of hydrogen-bond acceptors (Lipinski definition) is 4. The second-order valence-electron chi connectivity index (χ2n) is 10.5. The number of rotatable bonds is 12. The summed E-state index contributed by atoms with van der Waals surface area (Å²) in [6.07, 6.45) is -0.603. The van der Waals surface area contributed by atoms with Gasteiger partial charge in [0.2, 0.25) is 0 Å². The number of anilines is 1. The fraction of sp³-hybridized carbons (Fsp3) is 0.273. The maximum absolute atomic E-state index is 14.1. The predicted molar refractivity (Wildman–Crippen MR) is 163 cm³/mol. The van der Waals surface area contributed by atoms with Crippen molar-refractivity contribution < 1.29 is 32.2 Å². The van der Waals surface area contributed by atoms with Crippen LogP contribution in [0.5, 0.6) is 0 Å². The summed E-state index contributed by atoms with van der Waals surface area (Å²) in [6.45, 7) is 0.317. The zero-order chi connectivity index (χ0) is 28.9. The third-order valence-corrected chi connectivity index (χ3v) is 7.35. The van der Waals surface area contributed by atoms with Crippen LogP contribution in [0.1, 0.15) is 56.9 Å². The summed E-state index contributed by atoms with van der Waals surface area (Å²) in [5.74, 6) is -1.62. The van der Waals surface area contributed by atoms with E-state index in [2.05, 4.69) is 9.88 Å². The molecular formula is C33H35CaFN2O5. The zero-order valence-corrected chi connectivity index (χ0v) is 25.5. The first-order chi connectivity index (χ1) is 19.8. The van der Waals surface area contributed by atoms with Gasteiger partial charge in [0.25, 0.3) is 5.91 Å². The van der Waals surface area contributed by atoms with Crippen molar-refractivity contribution in [1.82, 2.24) is 4.57 Å². The molecule has 7 nitrogen and oxygen atoms in total. The van der Waals surface area contributed by atoms with Crippen LogP contribution in [0.25, 0.3) is 22.4 Å². The van der Waals surface area contributed by atoms with Gasteiger partial charge in [0.1, 0.15) is 5.82 Å². The molecule has 1 heterocycles. The van der Waals surface area contributed by atoms with Gasteiger partial charge in [-0.2, -0.15) is 0 Å². The number of nitrogens with zero attached hydrogens (tertiary/aromatic N) is 1. The number of carbonyl (C=O) groups is 2. The number of nitrogens with one attached hydrogen (secondary N) is 1. The van der Waals surface area contributed by atoms with Crippen LogP contribution in [0.4, 0.5) is 10.1 Å². The first-order valence-corrected chi connectivity index (χ1v) is 13.8. The fourth-order valence-corrected chi connectivity index (χ4v) is 5.38. The number of amides is 1. The number of halogens is 1. The Kier molecular flexibility index (Phi) is 11.0. The molecule has 0 saturated heterocycles. The molecule has 1 amide bonds. The Hall–Kier alpha value is -3.01. The molecule has 0 bridgehead atoms. The average Bonchev–Trinajstić information content (AvgIpc) is 3.73. The van der Waals surface area contributed by atoms with Gasteiger partial charge in [-0.05, 0) is 73.2 Å². The Balaban J connectivity index is 0.00000225. The summed E-state index contributed by atoms with van der Waals surface area (Å²) in [5, 5.41) is 32.8. The van der Waals surface area contributed by atoms with Crippen molar-refractivity contribution in [3.63, 3.8) is 0 Å². The topological polar surface area (TPSA) is 112 Å². The average molecular weight is 599 g/mol. The summed E-state index contributed by atoms with van der Waals surface area (Å²) in [5.41, 5.74) is 5.10. The van der Waals surface area contributed by atoms with Crippen LogP contribution >= 0.6 is 0 Å². The van der Waals surface area contributed by atoms with E-state index in [0.717, 1.165) is 40.9 Å².